The van der Waals surface area contributed by atoms with E-state index in [1.165, 1.54) is 0 Å². The Labute approximate surface area is 170 Å². The molecule has 3 aromatic rings. The van der Waals surface area contributed by atoms with E-state index in [0.717, 1.165) is 80.8 Å². The molecule has 9 heteroatoms. The van der Waals surface area contributed by atoms with Gasteiger partial charge < -0.3 is 10.6 Å². The average Bonchev–Trinajstić information content (AvgIpc) is 3.34. The topological polar surface area (TPSA) is 97.3 Å². The zero-order valence-corrected chi connectivity index (χ0v) is 17.2. The second-order valence-electron chi connectivity index (χ2n) is 7.27. The van der Waals surface area contributed by atoms with Gasteiger partial charge in [-0.05, 0) is 31.9 Å². The normalized spacial score (nSPS) is 16.8. The minimum atomic E-state index is 0.312. The van der Waals surface area contributed by atoms with E-state index in [9.17, 15) is 0 Å². The third-order valence-corrected chi connectivity index (χ3v) is 5.12. The molecule has 0 saturated heterocycles. The molecule has 2 N–H and O–H groups in total. The lowest BCUT2D eigenvalue weighted by Crippen LogP contribution is -2.47. The first-order valence-electron chi connectivity index (χ1n) is 10.5. The van der Waals surface area contributed by atoms with Crippen molar-refractivity contribution in [2.24, 2.45) is 4.99 Å². The summed E-state index contributed by atoms with van der Waals surface area (Å²) in [6.45, 7) is 6.58. The summed E-state index contributed by atoms with van der Waals surface area (Å²) < 4.78 is 4.08. The number of hydrogen-bond acceptors (Lipinski definition) is 5. The van der Waals surface area contributed by atoms with Crippen LogP contribution in [-0.2, 0) is 25.8 Å². The summed E-state index contributed by atoms with van der Waals surface area (Å²) in [5.74, 6) is 3.87. The molecule has 0 aromatic carbocycles. The van der Waals surface area contributed by atoms with Gasteiger partial charge in [-0.3, -0.25) is 9.39 Å². The van der Waals surface area contributed by atoms with Gasteiger partial charge in [0.25, 0.3) is 0 Å². The predicted molar refractivity (Wildman–Crippen MR) is 112 cm³/mol. The van der Waals surface area contributed by atoms with E-state index in [-0.39, 0.29) is 0 Å². The summed E-state index contributed by atoms with van der Waals surface area (Å²) in [5, 5.41) is 20.0. The second kappa shape index (κ2) is 9.02. The SMILES string of the molecule is CCNC(=NCCCc1nnc2ccccn12)NC1CCc2nc(CC)nn2C1. The van der Waals surface area contributed by atoms with E-state index in [4.69, 9.17) is 4.99 Å². The molecular weight excluding hydrogens is 366 g/mol. The molecule has 154 valence electrons. The number of aromatic nitrogens is 6. The third kappa shape index (κ3) is 4.55. The van der Waals surface area contributed by atoms with Crippen molar-refractivity contribution in [3.63, 3.8) is 0 Å². The molecule has 1 unspecified atom stereocenters. The van der Waals surface area contributed by atoms with Crippen LogP contribution >= 0.6 is 0 Å². The van der Waals surface area contributed by atoms with Gasteiger partial charge in [-0.15, -0.1) is 10.2 Å². The molecule has 0 bridgehead atoms. The Hall–Kier alpha value is -2.97. The quantitative estimate of drug-likeness (QED) is 0.356. The summed E-state index contributed by atoms with van der Waals surface area (Å²) >= 11 is 0. The second-order valence-corrected chi connectivity index (χ2v) is 7.27. The fourth-order valence-electron chi connectivity index (χ4n) is 3.63. The standard InChI is InChI=1S/C20H29N9/c1-3-16-24-17-11-10-15(14-29(17)27-16)23-20(21-4-2)22-12-7-9-19-26-25-18-8-5-6-13-28(18)19/h5-6,8,13,15H,3-4,7,9-12,14H2,1-2H3,(H2,21,22,23). The van der Waals surface area contributed by atoms with E-state index in [1.54, 1.807) is 0 Å². The highest BCUT2D eigenvalue weighted by molar-refractivity contribution is 5.80. The lowest BCUT2D eigenvalue weighted by atomic mass is 10.1. The van der Waals surface area contributed by atoms with E-state index in [1.807, 2.05) is 33.5 Å². The van der Waals surface area contributed by atoms with Crippen LogP contribution in [0.5, 0.6) is 0 Å². The average molecular weight is 396 g/mol. The number of guanidine groups is 1. The minimum absolute atomic E-state index is 0.312. The van der Waals surface area contributed by atoms with Gasteiger partial charge >= 0.3 is 0 Å². The van der Waals surface area contributed by atoms with Crippen molar-refractivity contribution in [3.05, 3.63) is 41.9 Å². The molecule has 0 fully saturated rings. The van der Waals surface area contributed by atoms with Crippen molar-refractivity contribution in [3.8, 4) is 0 Å². The van der Waals surface area contributed by atoms with Gasteiger partial charge in [-0.25, -0.2) is 9.67 Å². The Bertz CT molecular complexity index is 971. The number of fused-ring (bicyclic) bond motifs is 2. The number of pyridine rings is 1. The largest absolute Gasteiger partial charge is 0.357 e. The Kier molecular flexibility index (Phi) is 6.02. The van der Waals surface area contributed by atoms with E-state index in [2.05, 4.69) is 44.8 Å². The fraction of sp³-hybridized carbons (Fsp3) is 0.550. The van der Waals surface area contributed by atoms with E-state index in [0.29, 0.717) is 6.04 Å². The summed E-state index contributed by atoms with van der Waals surface area (Å²) in [6, 6.07) is 6.26. The maximum Gasteiger partial charge on any atom is 0.191 e. The molecule has 0 aliphatic carbocycles. The van der Waals surface area contributed by atoms with Gasteiger partial charge in [0.15, 0.2) is 17.4 Å². The molecule has 1 aliphatic rings. The third-order valence-electron chi connectivity index (χ3n) is 5.12. The van der Waals surface area contributed by atoms with Gasteiger partial charge in [-0.1, -0.05) is 13.0 Å². The van der Waals surface area contributed by atoms with Crippen molar-refractivity contribution in [1.82, 2.24) is 40.0 Å². The van der Waals surface area contributed by atoms with Gasteiger partial charge in [-0.2, -0.15) is 5.10 Å². The Balaban J connectivity index is 1.32. The van der Waals surface area contributed by atoms with Crippen molar-refractivity contribution in [2.75, 3.05) is 13.1 Å². The number of aryl methyl sites for hydroxylation is 3. The van der Waals surface area contributed by atoms with E-state index < -0.39 is 0 Å². The van der Waals surface area contributed by atoms with E-state index >= 15 is 0 Å². The Morgan fingerprint density at radius 3 is 3.07 bits per heavy atom. The number of hydrogen-bond donors (Lipinski definition) is 2. The number of rotatable bonds is 7. The highest BCUT2D eigenvalue weighted by atomic mass is 15.4. The summed E-state index contributed by atoms with van der Waals surface area (Å²) in [5.41, 5.74) is 0.886. The van der Waals surface area contributed by atoms with Crippen molar-refractivity contribution < 1.29 is 0 Å². The van der Waals surface area contributed by atoms with Crippen LogP contribution in [0.4, 0.5) is 0 Å². The van der Waals surface area contributed by atoms with Crippen LogP contribution in [0.1, 0.15) is 44.2 Å². The van der Waals surface area contributed by atoms with Crippen LogP contribution in [0.25, 0.3) is 5.65 Å². The molecule has 1 aliphatic heterocycles. The van der Waals surface area contributed by atoms with Crippen LogP contribution in [-0.4, -0.2) is 54.5 Å². The molecule has 4 rings (SSSR count). The Morgan fingerprint density at radius 2 is 2.21 bits per heavy atom. The molecular formula is C20H29N9. The smallest absolute Gasteiger partial charge is 0.191 e. The van der Waals surface area contributed by atoms with Gasteiger partial charge in [0.2, 0.25) is 0 Å². The fourth-order valence-corrected chi connectivity index (χ4v) is 3.63. The lowest BCUT2D eigenvalue weighted by molar-refractivity contribution is 0.392. The van der Waals surface area contributed by atoms with Gasteiger partial charge in [0.05, 0.1) is 6.54 Å². The maximum atomic E-state index is 4.76. The Morgan fingerprint density at radius 1 is 1.28 bits per heavy atom. The molecule has 0 amide bonds. The first kappa shape index (κ1) is 19.4. The van der Waals surface area contributed by atoms with Crippen LogP contribution in [0, 0.1) is 0 Å². The molecule has 0 saturated carbocycles. The summed E-state index contributed by atoms with van der Waals surface area (Å²) in [4.78, 5) is 9.35. The van der Waals surface area contributed by atoms with Crippen LogP contribution in [0.3, 0.4) is 0 Å². The zero-order chi connectivity index (χ0) is 20.1. The number of aliphatic imine (C=N–C) groups is 1. The number of nitrogens with zero attached hydrogens (tertiary/aromatic N) is 7. The molecule has 0 radical (unpaired) electrons. The molecule has 4 heterocycles. The van der Waals surface area contributed by atoms with Gasteiger partial charge in [0.1, 0.15) is 11.6 Å². The van der Waals surface area contributed by atoms with Crippen molar-refractivity contribution in [2.45, 2.75) is 58.5 Å². The number of nitrogens with one attached hydrogen (secondary N) is 2. The zero-order valence-electron chi connectivity index (χ0n) is 17.2. The molecule has 1 atom stereocenters. The first-order valence-corrected chi connectivity index (χ1v) is 10.5. The molecule has 3 aromatic heterocycles. The van der Waals surface area contributed by atoms with Crippen LogP contribution in [0.2, 0.25) is 0 Å². The van der Waals surface area contributed by atoms with Gasteiger partial charge in [0, 0.05) is 44.6 Å². The summed E-state index contributed by atoms with van der Waals surface area (Å²) in [7, 11) is 0. The van der Waals surface area contributed by atoms with Crippen LogP contribution in [0.15, 0.2) is 29.4 Å². The first-order chi connectivity index (χ1) is 14.3. The van der Waals surface area contributed by atoms with Crippen LogP contribution < -0.4 is 10.6 Å². The maximum absolute atomic E-state index is 4.76. The highest BCUT2D eigenvalue weighted by Gasteiger charge is 2.22. The molecule has 9 nitrogen and oxygen atoms in total. The van der Waals surface area contributed by atoms with Crippen molar-refractivity contribution in [1.29, 1.82) is 0 Å². The van der Waals surface area contributed by atoms with Crippen molar-refractivity contribution >= 4 is 11.6 Å². The highest BCUT2D eigenvalue weighted by Crippen LogP contribution is 2.13. The predicted octanol–water partition coefficient (Wildman–Crippen LogP) is 1.39. The minimum Gasteiger partial charge on any atom is -0.357 e. The lowest BCUT2D eigenvalue weighted by Gasteiger charge is -2.25. The molecule has 29 heavy (non-hydrogen) atoms. The summed E-state index contributed by atoms with van der Waals surface area (Å²) in [6.07, 6.45) is 6.64. The molecule has 0 spiro atoms. The monoisotopic (exact) mass is 395 g/mol.